The van der Waals surface area contributed by atoms with Gasteiger partial charge in [-0.3, -0.25) is 5.10 Å². The minimum atomic E-state index is 0.536. The van der Waals surface area contributed by atoms with Gasteiger partial charge in [-0.2, -0.15) is 0 Å². The Morgan fingerprint density at radius 3 is 2.67 bits per heavy atom. The first-order chi connectivity index (χ1) is 7.13. The fourth-order valence-corrected chi connectivity index (χ4v) is 2.88. The Balaban J connectivity index is 2.02. The van der Waals surface area contributed by atoms with E-state index in [4.69, 9.17) is 12.2 Å². The lowest BCUT2D eigenvalue weighted by Gasteiger charge is -2.38. The molecule has 0 bridgehead atoms. The third-order valence-corrected chi connectivity index (χ3v) is 4.67. The van der Waals surface area contributed by atoms with Crippen LogP contribution in [-0.2, 0) is 0 Å². The molecule has 1 fully saturated rings. The van der Waals surface area contributed by atoms with Crippen LogP contribution in [0.25, 0.3) is 0 Å². The Hall–Kier alpha value is -0.420. The van der Waals surface area contributed by atoms with Gasteiger partial charge in [-0.05, 0) is 30.5 Å². The number of hydrogen-bond acceptors (Lipinski definition) is 4. The van der Waals surface area contributed by atoms with Gasteiger partial charge in [0.05, 0.1) is 0 Å². The fraction of sp³-hybridized carbons (Fsp3) is 0.800. The molecule has 2 rings (SSSR count). The Morgan fingerprint density at radius 1 is 1.53 bits per heavy atom. The SMILES string of the molecule is CCC1(C)CCN(c2n[nH]c(=S)s2)CC1. The lowest BCUT2D eigenvalue weighted by Crippen LogP contribution is -2.38. The van der Waals surface area contributed by atoms with Gasteiger partial charge >= 0.3 is 0 Å². The number of hydrogen-bond donors (Lipinski definition) is 1. The topological polar surface area (TPSA) is 31.9 Å². The summed E-state index contributed by atoms with van der Waals surface area (Å²) >= 11 is 6.62. The first-order valence-electron chi connectivity index (χ1n) is 5.43. The van der Waals surface area contributed by atoms with E-state index in [1.165, 1.54) is 19.3 Å². The van der Waals surface area contributed by atoms with Crippen LogP contribution in [0.15, 0.2) is 0 Å². The van der Waals surface area contributed by atoms with Crippen LogP contribution >= 0.6 is 23.6 Å². The maximum Gasteiger partial charge on any atom is 0.206 e. The molecule has 1 saturated heterocycles. The quantitative estimate of drug-likeness (QED) is 0.809. The van der Waals surface area contributed by atoms with Crippen LogP contribution in [0.2, 0.25) is 0 Å². The van der Waals surface area contributed by atoms with Gasteiger partial charge in [0.15, 0.2) is 3.95 Å². The zero-order valence-electron chi connectivity index (χ0n) is 9.25. The molecule has 2 heterocycles. The first kappa shape index (κ1) is 11.1. The maximum absolute atomic E-state index is 5.04. The molecular weight excluding hydrogens is 226 g/mol. The van der Waals surface area contributed by atoms with Crippen LogP contribution in [0, 0.1) is 9.37 Å². The molecule has 0 aromatic carbocycles. The van der Waals surface area contributed by atoms with Gasteiger partial charge in [0, 0.05) is 13.1 Å². The third-order valence-electron chi connectivity index (χ3n) is 3.52. The van der Waals surface area contributed by atoms with Crippen molar-refractivity contribution in [3.8, 4) is 0 Å². The van der Waals surface area contributed by atoms with Crippen molar-refractivity contribution in [3.63, 3.8) is 0 Å². The first-order valence-corrected chi connectivity index (χ1v) is 6.66. The second kappa shape index (κ2) is 4.22. The predicted molar refractivity (Wildman–Crippen MR) is 67.1 cm³/mol. The number of anilines is 1. The lowest BCUT2D eigenvalue weighted by molar-refractivity contribution is 0.238. The molecule has 0 unspecified atom stereocenters. The Kier molecular flexibility index (Phi) is 3.11. The molecule has 0 amide bonds. The zero-order valence-corrected chi connectivity index (χ0v) is 10.9. The zero-order chi connectivity index (χ0) is 10.9. The van der Waals surface area contributed by atoms with Crippen molar-refractivity contribution in [2.75, 3.05) is 18.0 Å². The number of nitrogens with one attached hydrogen (secondary N) is 1. The molecule has 0 atom stereocenters. The summed E-state index contributed by atoms with van der Waals surface area (Å²) < 4.78 is 0.772. The summed E-state index contributed by atoms with van der Waals surface area (Å²) in [4.78, 5) is 2.34. The molecule has 1 aliphatic rings. The number of nitrogens with zero attached hydrogens (tertiary/aromatic N) is 2. The van der Waals surface area contributed by atoms with Crippen LogP contribution in [-0.4, -0.2) is 23.3 Å². The van der Waals surface area contributed by atoms with Gasteiger partial charge in [-0.25, -0.2) is 0 Å². The van der Waals surface area contributed by atoms with Crippen molar-refractivity contribution in [1.82, 2.24) is 10.2 Å². The Morgan fingerprint density at radius 2 is 2.20 bits per heavy atom. The molecule has 3 nitrogen and oxygen atoms in total. The minimum absolute atomic E-state index is 0.536. The lowest BCUT2D eigenvalue weighted by atomic mass is 9.78. The minimum Gasteiger partial charge on any atom is -0.347 e. The van der Waals surface area contributed by atoms with Crippen molar-refractivity contribution in [2.45, 2.75) is 33.1 Å². The van der Waals surface area contributed by atoms with E-state index in [-0.39, 0.29) is 0 Å². The highest BCUT2D eigenvalue weighted by molar-refractivity contribution is 7.73. The summed E-state index contributed by atoms with van der Waals surface area (Å²) in [6, 6.07) is 0. The summed E-state index contributed by atoms with van der Waals surface area (Å²) in [6.07, 6.45) is 3.79. The largest absolute Gasteiger partial charge is 0.347 e. The van der Waals surface area contributed by atoms with E-state index in [0.717, 1.165) is 22.2 Å². The van der Waals surface area contributed by atoms with Gasteiger partial charge in [0.25, 0.3) is 0 Å². The van der Waals surface area contributed by atoms with Crippen molar-refractivity contribution in [2.24, 2.45) is 5.41 Å². The second-order valence-electron chi connectivity index (χ2n) is 4.55. The van der Waals surface area contributed by atoms with Crippen LogP contribution in [0.3, 0.4) is 0 Å². The van der Waals surface area contributed by atoms with Crippen LogP contribution in [0.5, 0.6) is 0 Å². The molecule has 1 aliphatic heterocycles. The summed E-state index contributed by atoms with van der Waals surface area (Å²) in [5, 5.41) is 8.12. The van der Waals surface area contributed by atoms with Gasteiger partial charge in [0.1, 0.15) is 0 Å². The number of H-pyrrole nitrogens is 1. The van der Waals surface area contributed by atoms with E-state index in [1.807, 2.05) is 0 Å². The monoisotopic (exact) mass is 243 g/mol. The highest BCUT2D eigenvalue weighted by atomic mass is 32.1. The van der Waals surface area contributed by atoms with Crippen LogP contribution in [0.1, 0.15) is 33.1 Å². The molecule has 0 spiro atoms. The predicted octanol–water partition coefficient (Wildman–Crippen LogP) is 3.22. The molecule has 0 saturated carbocycles. The smallest absolute Gasteiger partial charge is 0.206 e. The van der Waals surface area contributed by atoms with Gasteiger partial charge in [-0.15, -0.1) is 5.10 Å². The molecule has 84 valence electrons. The molecule has 1 aromatic heterocycles. The normalized spacial score (nSPS) is 20.5. The van der Waals surface area contributed by atoms with Gasteiger partial charge in [-0.1, -0.05) is 31.6 Å². The molecule has 1 N–H and O–H groups in total. The number of rotatable bonds is 2. The number of piperidine rings is 1. The summed E-state index contributed by atoms with van der Waals surface area (Å²) in [7, 11) is 0. The Bertz CT molecular complexity index is 374. The third kappa shape index (κ3) is 2.39. The standard InChI is InChI=1S/C10H17N3S2/c1-3-10(2)4-6-13(7-5-10)8-11-12-9(14)15-8/h3-7H2,1-2H3,(H,12,14). The van der Waals surface area contributed by atoms with Gasteiger partial charge in [0.2, 0.25) is 5.13 Å². The second-order valence-corrected chi connectivity index (χ2v) is 6.19. The average molecular weight is 243 g/mol. The summed E-state index contributed by atoms with van der Waals surface area (Å²) in [5.74, 6) is 0. The maximum atomic E-state index is 5.04. The molecule has 1 aromatic rings. The van der Waals surface area contributed by atoms with E-state index < -0.39 is 0 Å². The highest BCUT2D eigenvalue weighted by Gasteiger charge is 2.29. The molecular formula is C10H17N3S2. The van der Waals surface area contributed by atoms with E-state index in [0.29, 0.717) is 5.41 Å². The van der Waals surface area contributed by atoms with Crippen molar-refractivity contribution < 1.29 is 0 Å². The van der Waals surface area contributed by atoms with Crippen molar-refractivity contribution in [1.29, 1.82) is 0 Å². The van der Waals surface area contributed by atoms with Crippen LogP contribution < -0.4 is 4.90 Å². The molecule has 0 radical (unpaired) electrons. The molecule has 15 heavy (non-hydrogen) atoms. The summed E-state index contributed by atoms with van der Waals surface area (Å²) in [5.41, 5.74) is 0.536. The summed E-state index contributed by atoms with van der Waals surface area (Å²) in [6.45, 7) is 6.89. The van der Waals surface area contributed by atoms with E-state index >= 15 is 0 Å². The number of aromatic amines is 1. The van der Waals surface area contributed by atoms with Crippen LogP contribution in [0.4, 0.5) is 5.13 Å². The highest BCUT2D eigenvalue weighted by Crippen LogP contribution is 2.35. The van der Waals surface area contributed by atoms with Crippen molar-refractivity contribution in [3.05, 3.63) is 3.95 Å². The number of aromatic nitrogens is 2. The Labute approximate surface area is 99.5 Å². The van der Waals surface area contributed by atoms with Gasteiger partial charge < -0.3 is 4.90 Å². The fourth-order valence-electron chi connectivity index (χ4n) is 1.95. The van der Waals surface area contributed by atoms with Crippen molar-refractivity contribution >= 4 is 28.7 Å². The van der Waals surface area contributed by atoms with E-state index in [1.54, 1.807) is 11.3 Å². The molecule has 0 aliphatic carbocycles. The van der Waals surface area contributed by atoms with E-state index in [9.17, 15) is 0 Å². The average Bonchev–Trinajstić information content (AvgIpc) is 2.66. The molecule has 5 heteroatoms. The van der Waals surface area contributed by atoms with E-state index in [2.05, 4.69) is 28.9 Å².